The number of aryl methyl sites for hydroxylation is 2. The highest BCUT2D eigenvalue weighted by molar-refractivity contribution is 5.90. The molecule has 2 heterocycles. The first-order valence-corrected chi connectivity index (χ1v) is 8.93. The van der Waals surface area contributed by atoms with Gasteiger partial charge in [-0.15, -0.1) is 0 Å². The van der Waals surface area contributed by atoms with Gasteiger partial charge in [0.05, 0.1) is 5.69 Å². The van der Waals surface area contributed by atoms with Crippen LogP contribution < -0.4 is 5.32 Å². The number of hydrogen-bond acceptors (Lipinski definition) is 3. The summed E-state index contributed by atoms with van der Waals surface area (Å²) in [5, 5.41) is 3.03. The zero-order valence-electron chi connectivity index (χ0n) is 15.6. The Morgan fingerprint density at radius 3 is 2.76 bits per heavy atom. The molecule has 5 nitrogen and oxygen atoms in total. The Morgan fingerprint density at radius 1 is 1.24 bits per heavy atom. The van der Waals surface area contributed by atoms with Crippen LogP contribution in [-0.4, -0.2) is 29.0 Å². The molecule has 0 radical (unpaired) electrons. The average Bonchev–Trinajstić information content (AvgIpc) is 2.89. The van der Waals surface area contributed by atoms with Gasteiger partial charge in [-0.25, -0.2) is 9.78 Å². The molecule has 1 N–H and O–H groups in total. The second kappa shape index (κ2) is 6.90. The monoisotopic (exact) mass is 341 g/mol. The van der Waals surface area contributed by atoms with Gasteiger partial charge >= 0.3 is 6.03 Å². The molecule has 1 fully saturated rings. The van der Waals surface area contributed by atoms with Gasteiger partial charge in [-0.05, 0) is 56.2 Å². The van der Waals surface area contributed by atoms with Gasteiger partial charge in [0, 0.05) is 24.3 Å². The third-order valence-electron chi connectivity index (χ3n) is 4.97. The number of likely N-dealkylation sites (tertiary alicyclic amines) is 1. The highest BCUT2D eigenvalue weighted by Gasteiger charge is 2.25. The first-order chi connectivity index (χ1) is 11.8. The molecule has 1 aromatic heterocycles. The molecule has 0 unspecified atom stereocenters. The molecular formula is C20H27N3O2. The molecule has 0 bridgehead atoms. The minimum atomic E-state index is -0.0314. The molecule has 5 heteroatoms. The summed E-state index contributed by atoms with van der Waals surface area (Å²) in [7, 11) is 0. The molecule has 1 aliphatic heterocycles. The van der Waals surface area contributed by atoms with E-state index in [-0.39, 0.29) is 6.03 Å². The quantitative estimate of drug-likeness (QED) is 0.836. The maximum atomic E-state index is 12.6. The summed E-state index contributed by atoms with van der Waals surface area (Å²) >= 11 is 0. The van der Waals surface area contributed by atoms with Gasteiger partial charge in [-0.1, -0.05) is 19.9 Å². The van der Waals surface area contributed by atoms with Gasteiger partial charge < -0.3 is 14.6 Å². The van der Waals surface area contributed by atoms with E-state index in [1.54, 1.807) is 6.26 Å². The van der Waals surface area contributed by atoms with Crippen LogP contribution in [0.5, 0.6) is 0 Å². The average molecular weight is 341 g/mol. The molecule has 0 atom stereocenters. The Kier molecular flexibility index (Phi) is 4.84. The summed E-state index contributed by atoms with van der Waals surface area (Å²) in [5.74, 6) is 0.586. The van der Waals surface area contributed by atoms with Gasteiger partial charge in [0.2, 0.25) is 5.89 Å². The van der Waals surface area contributed by atoms with Crippen molar-refractivity contribution in [1.29, 1.82) is 0 Å². The van der Waals surface area contributed by atoms with E-state index in [1.165, 1.54) is 0 Å². The number of nitrogens with zero attached hydrogens (tertiary/aromatic N) is 2. The molecular weight excluding hydrogens is 314 g/mol. The first-order valence-electron chi connectivity index (χ1n) is 8.93. The number of carbonyl (C=O) groups is 1. The van der Waals surface area contributed by atoms with Crippen LogP contribution in [0, 0.1) is 19.3 Å². The number of amides is 2. The number of rotatable bonds is 2. The van der Waals surface area contributed by atoms with Gasteiger partial charge in [-0.3, -0.25) is 0 Å². The zero-order chi connectivity index (χ0) is 18.0. The molecule has 25 heavy (non-hydrogen) atoms. The van der Waals surface area contributed by atoms with Crippen molar-refractivity contribution in [3.8, 4) is 11.5 Å². The molecule has 134 valence electrons. The maximum Gasteiger partial charge on any atom is 0.321 e. The molecule has 1 aliphatic rings. The van der Waals surface area contributed by atoms with Crippen molar-refractivity contribution in [3.05, 3.63) is 35.7 Å². The van der Waals surface area contributed by atoms with Crippen LogP contribution in [0.1, 0.15) is 44.4 Å². The van der Waals surface area contributed by atoms with Gasteiger partial charge in [0.25, 0.3) is 0 Å². The number of hydrogen-bond donors (Lipinski definition) is 1. The van der Waals surface area contributed by atoms with Crippen molar-refractivity contribution in [2.45, 2.75) is 47.0 Å². The summed E-state index contributed by atoms with van der Waals surface area (Å²) in [5.41, 5.74) is 3.90. The van der Waals surface area contributed by atoms with E-state index in [0.29, 0.717) is 11.3 Å². The van der Waals surface area contributed by atoms with Crippen LogP contribution >= 0.6 is 0 Å². The summed E-state index contributed by atoms with van der Waals surface area (Å²) in [4.78, 5) is 19.0. The summed E-state index contributed by atoms with van der Waals surface area (Å²) in [6, 6.07) is 5.81. The Bertz CT molecular complexity index is 764. The SMILES string of the molecule is Cc1coc(-c2cc(NC(=O)N3CCCC(C)(C)CC3)ccc2C)n1. The highest BCUT2D eigenvalue weighted by atomic mass is 16.3. The minimum absolute atomic E-state index is 0.0314. The van der Waals surface area contributed by atoms with E-state index in [0.717, 1.165) is 54.9 Å². The van der Waals surface area contributed by atoms with Gasteiger partial charge in [0.15, 0.2) is 0 Å². The second-order valence-corrected chi connectivity index (χ2v) is 7.76. The Hall–Kier alpha value is -2.30. The number of nitrogens with one attached hydrogen (secondary N) is 1. The number of benzene rings is 1. The molecule has 1 aromatic carbocycles. The fraction of sp³-hybridized carbons (Fsp3) is 0.500. The summed E-state index contributed by atoms with van der Waals surface area (Å²) in [6.45, 7) is 10.1. The van der Waals surface area contributed by atoms with Crippen molar-refractivity contribution < 1.29 is 9.21 Å². The fourth-order valence-corrected chi connectivity index (χ4v) is 3.24. The van der Waals surface area contributed by atoms with Crippen LogP contribution in [0.4, 0.5) is 10.5 Å². The molecule has 0 spiro atoms. The number of anilines is 1. The molecule has 1 saturated heterocycles. The molecule has 0 aliphatic carbocycles. The number of carbonyl (C=O) groups excluding carboxylic acids is 1. The van der Waals surface area contributed by atoms with E-state index < -0.39 is 0 Å². The third kappa shape index (κ3) is 4.21. The topological polar surface area (TPSA) is 58.4 Å². The summed E-state index contributed by atoms with van der Waals surface area (Å²) in [6.07, 6.45) is 4.89. The van der Waals surface area contributed by atoms with Crippen LogP contribution in [-0.2, 0) is 0 Å². The van der Waals surface area contributed by atoms with Crippen LogP contribution in [0.2, 0.25) is 0 Å². The third-order valence-corrected chi connectivity index (χ3v) is 4.97. The Balaban J connectivity index is 1.73. The number of oxazole rings is 1. The van der Waals surface area contributed by atoms with Gasteiger partial charge in [-0.2, -0.15) is 0 Å². The maximum absolute atomic E-state index is 12.6. The van der Waals surface area contributed by atoms with E-state index in [9.17, 15) is 4.79 Å². The molecule has 3 rings (SSSR count). The lowest BCUT2D eigenvalue weighted by Gasteiger charge is -2.23. The van der Waals surface area contributed by atoms with E-state index >= 15 is 0 Å². The van der Waals surface area contributed by atoms with Crippen molar-refractivity contribution >= 4 is 11.7 Å². The van der Waals surface area contributed by atoms with Crippen molar-refractivity contribution in [3.63, 3.8) is 0 Å². The van der Waals surface area contributed by atoms with Gasteiger partial charge in [0.1, 0.15) is 6.26 Å². The Labute approximate surface area is 149 Å². The van der Waals surface area contributed by atoms with E-state index in [2.05, 4.69) is 24.1 Å². The van der Waals surface area contributed by atoms with E-state index in [4.69, 9.17) is 4.42 Å². The standard InChI is InChI=1S/C20H27N3O2/c1-14-6-7-16(12-17(14)18-21-15(2)13-25-18)22-19(24)23-10-5-8-20(3,4)9-11-23/h6-7,12-13H,5,8-11H2,1-4H3,(H,22,24). The van der Waals surface area contributed by atoms with Crippen LogP contribution in [0.25, 0.3) is 11.5 Å². The smallest absolute Gasteiger partial charge is 0.321 e. The van der Waals surface area contributed by atoms with Crippen LogP contribution in [0.3, 0.4) is 0 Å². The highest BCUT2D eigenvalue weighted by Crippen LogP contribution is 2.30. The van der Waals surface area contributed by atoms with Crippen molar-refractivity contribution in [1.82, 2.24) is 9.88 Å². The summed E-state index contributed by atoms with van der Waals surface area (Å²) < 4.78 is 5.51. The second-order valence-electron chi connectivity index (χ2n) is 7.76. The predicted molar refractivity (Wildman–Crippen MR) is 99.6 cm³/mol. The predicted octanol–water partition coefficient (Wildman–Crippen LogP) is 5.00. The van der Waals surface area contributed by atoms with Crippen molar-refractivity contribution in [2.24, 2.45) is 5.41 Å². The molecule has 2 amide bonds. The lowest BCUT2D eigenvalue weighted by Crippen LogP contribution is -2.36. The lowest BCUT2D eigenvalue weighted by atomic mass is 9.85. The van der Waals surface area contributed by atoms with E-state index in [1.807, 2.05) is 36.9 Å². The fourth-order valence-electron chi connectivity index (χ4n) is 3.24. The van der Waals surface area contributed by atoms with Crippen LogP contribution in [0.15, 0.2) is 28.9 Å². The Morgan fingerprint density at radius 2 is 2.04 bits per heavy atom. The largest absolute Gasteiger partial charge is 0.444 e. The lowest BCUT2D eigenvalue weighted by molar-refractivity contribution is 0.211. The zero-order valence-corrected chi connectivity index (χ0v) is 15.6. The minimum Gasteiger partial charge on any atom is -0.444 e. The normalized spacial score (nSPS) is 17.2. The first kappa shape index (κ1) is 17.5. The van der Waals surface area contributed by atoms with Crippen molar-refractivity contribution in [2.75, 3.05) is 18.4 Å². The number of aromatic nitrogens is 1. The molecule has 0 saturated carbocycles. The molecule has 2 aromatic rings. The number of urea groups is 1.